The number of amides is 1. The molecule has 0 aliphatic carbocycles. The quantitative estimate of drug-likeness (QED) is 0.686. The number of carbonyl (C=O) groups is 1. The molecule has 2 aromatic carbocycles. The Morgan fingerprint density at radius 2 is 1.85 bits per heavy atom. The van der Waals surface area contributed by atoms with E-state index in [1.807, 2.05) is 51.1 Å². The van der Waals surface area contributed by atoms with Crippen molar-refractivity contribution in [1.29, 1.82) is 0 Å². The number of allylic oxidation sites excluding steroid dienone is 1. The fraction of sp³-hybridized carbons (Fsp3) is 0.200. The first kappa shape index (κ1) is 18.4. The number of carbonyl (C=O) groups excluding carboxylic acids is 1. The maximum atomic E-state index is 13.1. The lowest BCUT2D eigenvalue weighted by atomic mass is 9.92. The normalized spacial score (nSPS) is 16.8. The standard InChI is InChI=1S/C20H20ClN3OS/c1-11-6-4-5-7-15(11)18-17(13(3)22-20(26)24-18)19(25)23-16-10-14(21)9-8-12(16)2/h4-10,18H,1-3H3,(H,23,25)(H2,22,24,26). The molecule has 1 unspecified atom stereocenters. The van der Waals surface area contributed by atoms with Crippen LogP contribution in [0.1, 0.15) is 29.7 Å². The third-order valence-electron chi connectivity index (χ3n) is 4.46. The number of halogens is 1. The highest BCUT2D eigenvalue weighted by molar-refractivity contribution is 7.80. The van der Waals surface area contributed by atoms with Crippen molar-refractivity contribution in [3.05, 3.63) is 75.4 Å². The molecule has 1 amide bonds. The van der Waals surface area contributed by atoms with Gasteiger partial charge in [0.1, 0.15) is 0 Å². The SMILES string of the molecule is CC1=C(C(=O)Nc2cc(Cl)ccc2C)C(c2ccccc2C)NC(=S)N1. The van der Waals surface area contributed by atoms with Gasteiger partial charge in [-0.05, 0) is 61.8 Å². The van der Waals surface area contributed by atoms with E-state index in [0.717, 1.165) is 22.4 Å². The van der Waals surface area contributed by atoms with Gasteiger partial charge in [-0.1, -0.05) is 41.9 Å². The molecule has 6 heteroatoms. The van der Waals surface area contributed by atoms with Crippen LogP contribution in [-0.4, -0.2) is 11.0 Å². The smallest absolute Gasteiger partial charge is 0.255 e. The Balaban J connectivity index is 2.00. The minimum absolute atomic E-state index is 0.191. The number of aryl methyl sites for hydroxylation is 2. The average Bonchev–Trinajstić information content (AvgIpc) is 2.57. The summed E-state index contributed by atoms with van der Waals surface area (Å²) in [5.74, 6) is -0.191. The van der Waals surface area contributed by atoms with E-state index in [1.54, 1.807) is 12.1 Å². The first-order valence-electron chi connectivity index (χ1n) is 8.28. The molecule has 0 fully saturated rings. The molecule has 0 aromatic heterocycles. The number of rotatable bonds is 3. The summed E-state index contributed by atoms with van der Waals surface area (Å²) in [5, 5.41) is 10.3. The van der Waals surface area contributed by atoms with E-state index in [1.165, 1.54) is 0 Å². The molecular formula is C20H20ClN3OS. The number of hydrogen-bond acceptors (Lipinski definition) is 2. The first-order valence-corrected chi connectivity index (χ1v) is 9.06. The van der Waals surface area contributed by atoms with Crippen molar-refractivity contribution in [2.45, 2.75) is 26.8 Å². The molecule has 4 nitrogen and oxygen atoms in total. The first-order chi connectivity index (χ1) is 12.4. The number of nitrogens with one attached hydrogen (secondary N) is 3. The molecule has 0 bridgehead atoms. The Bertz CT molecular complexity index is 923. The van der Waals surface area contributed by atoms with E-state index < -0.39 is 0 Å². The van der Waals surface area contributed by atoms with Crippen LogP contribution in [-0.2, 0) is 4.79 Å². The van der Waals surface area contributed by atoms with Gasteiger partial charge < -0.3 is 16.0 Å². The van der Waals surface area contributed by atoms with Crippen molar-refractivity contribution >= 4 is 40.5 Å². The van der Waals surface area contributed by atoms with Crippen LogP contribution in [0, 0.1) is 13.8 Å². The van der Waals surface area contributed by atoms with Gasteiger partial charge in [0.25, 0.3) is 5.91 Å². The molecule has 2 aromatic rings. The fourth-order valence-corrected chi connectivity index (χ4v) is 3.50. The number of hydrogen-bond donors (Lipinski definition) is 3. The lowest BCUT2D eigenvalue weighted by molar-refractivity contribution is -0.113. The molecule has 1 heterocycles. The molecule has 1 aliphatic rings. The molecule has 0 saturated heterocycles. The minimum atomic E-state index is -0.315. The van der Waals surface area contributed by atoms with E-state index in [4.69, 9.17) is 23.8 Å². The summed E-state index contributed by atoms with van der Waals surface area (Å²) in [6.07, 6.45) is 0. The summed E-state index contributed by atoms with van der Waals surface area (Å²) in [5.41, 5.74) is 5.09. The summed E-state index contributed by atoms with van der Waals surface area (Å²) in [7, 11) is 0. The lowest BCUT2D eigenvalue weighted by Crippen LogP contribution is -2.46. The van der Waals surface area contributed by atoms with Crippen molar-refractivity contribution in [1.82, 2.24) is 10.6 Å². The van der Waals surface area contributed by atoms with Crippen molar-refractivity contribution in [3.63, 3.8) is 0 Å². The van der Waals surface area contributed by atoms with Crippen LogP contribution in [0.3, 0.4) is 0 Å². The molecule has 3 rings (SSSR count). The molecule has 3 N–H and O–H groups in total. The van der Waals surface area contributed by atoms with E-state index >= 15 is 0 Å². The van der Waals surface area contributed by atoms with Gasteiger partial charge in [0.15, 0.2) is 5.11 Å². The van der Waals surface area contributed by atoms with E-state index in [9.17, 15) is 4.79 Å². The highest BCUT2D eigenvalue weighted by Gasteiger charge is 2.30. The topological polar surface area (TPSA) is 53.2 Å². The van der Waals surface area contributed by atoms with Crippen molar-refractivity contribution < 1.29 is 4.79 Å². The third-order valence-corrected chi connectivity index (χ3v) is 4.92. The van der Waals surface area contributed by atoms with Crippen LogP contribution in [0.25, 0.3) is 0 Å². The van der Waals surface area contributed by atoms with E-state index in [2.05, 4.69) is 16.0 Å². The molecule has 1 atom stereocenters. The summed E-state index contributed by atoms with van der Waals surface area (Å²) in [6.45, 7) is 5.81. The summed E-state index contributed by atoms with van der Waals surface area (Å²) in [6, 6.07) is 13.1. The van der Waals surface area contributed by atoms with Crippen LogP contribution in [0.4, 0.5) is 5.69 Å². The summed E-state index contributed by atoms with van der Waals surface area (Å²) < 4.78 is 0. The molecule has 26 heavy (non-hydrogen) atoms. The maximum absolute atomic E-state index is 13.1. The molecule has 0 spiro atoms. The zero-order valence-corrected chi connectivity index (χ0v) is 16.4. The van der Waals surface area contributed by atoms with Gasteiger partial charge in [-0.2, -0.15) is 0 Å². The summed E-state index contributed by atoms with van der Waals surface area (Å²) in [4.78, 5) is 13.1. The number of benzene rings is 2. The fourth-order valence-electron chi connectivity index (χ4n) is 3.06. The Morgan fingerprint density at radius 3 is 2.58 bits per heavy atom. The van der Waals surface area contributed by atoms with Crippen molar-refractivity contribution in [2.24, 2.45) is 0 Å². The second kappa shape index (κ2) is 7.48. The van der Waals surface area contributed by atoms with Gasteiger partial charge in [0.2, 0.25) is 0 Å². The van der Waals surface area contributed by atoms with E-state index in [0.29, 0.717) is 21.4 Å². The van der Waals surface area contributed by atoms with Crippen LogP contribution in [0.5, 0.6) is 0 Å². The number of thiocarbonyl (C=S) groups is 1. The van der Waals surface area contributed by atoms with E-state index in [-0.39, 0.29) is 11.9 Å². The van der Waals surface area contributed by atoms with Gasteiger partial charge in [0.05, 0.1) is 11.6 Å². The zero-order chi connectivity index (χ0) is 18.8. The second-order valence-corrected chi connectivity index (χ2v) is 7.18. The van der Waals surface area contributed by atoms with Gasteiger partial charge in [0, 0.05) is 16.4 Å². The van der Waals surface area contributed by atoms with Crippen LogP contribution in [0.15, 0.2) is 53.7 Å². The maximum Gasteiger partial charge on any atom is 0.255 e. The third kappa shape index (κ3) is 3.74. The minimum Gasteiger partial charge on any atom is -0.351 e. The lowest BCUT2D eigenvalue weighted by Gasteiger charge is -2.31. The highest BCUT2D eigenvalue weighted by atomic mass is 35.5. The molecule has 134 valence electrons. The Kier molecular flexibility index (Phi) is 5.30. The van der Waals surface area contributed by atoms with Crippen LogP contribution in [0.2, 0.25) is 5.02 Å². The molecular weight excluding hydrogens is 366 g/mol. The van der Waals surface area contributed by atoms with Crippen molar-refractivity contribution in [2.75, 3.05) is 5.32 Å². The summed E-state index contributed by atoms with van der Waals surface area (Å²) >= 11 is 11.4. The van der Waals surface area contributed by atoms with Crippen LogP contribution < -0.4 is 16.0 Å². The molecule has 0 saturated carbocycles. The molecule has 1 aliphatic heterocycles. The monoisotopic (exact) mass is 385 g/mol. The largest absolute Gasteiger partial charge is 0.351 e. The van der Waals surface area contributed by atoms with Gasteiger partial charge in [-0.25, -0.2) is 0 Å². The molecule has 0 radical (unpaired) electrons. The second-order valence-electron chi connectivity index (χ2n) is 6.34. The number of anilines is 1. The average molecular weight is 386 g/mol. The van der Waals surface area contributed by atoms with Crippen molar-refractivity contribution in [3.8, 4) is 0 Å². The Morgan fingerprint density at radius 1 is 1.12 bits per heavy atom. The van der Waals surface area contributed by atoms with Gasteiger partial charge >= 0.3 is 0 Å². The highest BCUT2D eigenvalue weighted by Crippen LogP contribution is 2.30. The van der Waals surface area contributed by atoms with Gasteiger partial charge in [-0.3, -0.25) is 4.79 Å². The van der Waals surface area contributed by atoms with Crippen LogP contribution >= 0.6 is 23.8 Å². The Hall–Kier alpha value is -2.37. The van der Waals surface area contributed by atoms with Gasteiger partial charge in [-0.15, -0.1) is 0 Å². The predicted octanol–water partition coefficient (Wildman–Crippen LogP) is 4.39. The Labute approximate surface area is 163 Å². The predicted molar refractivity (Wildman–Crippen MR) is 110 cm³/mol. The zero-order valence-electron chi connectivity index (χ0n) is 14.8.